The second-order valence-corrected chi connectivity index (χ2v) is 6.68. The molecule has 26 heavy (non-hydrogen) atoms. The third kappa shape index (κ3) is 3.29. The summed E-state index contributed by atoms with van der Waals surface area (Å²) in [5.74, 6) is -2.42. The summed E-state index contributed by atoms with van der Waals surface area (Å²) in [5, 5.41) is 21.3. The predicted octanol–water partition coefficient (Wildman–Crippen LogP) is 1.38. The Kier molecular flexibility index (Phi) is 4.72. The third-order valence-corrected chi connectivity index (χ3v) is 5.04. The van der Waals surface area contributed by atoms with Crippen LogP contribution in [0.25, 0.3) is 0 Å². The molecular weight excluding hydrogens is 360 g/mol. The summed E-state index contributed by atoms with van der Waals surface area (Å²) in [5.41, 5.74) is -0.182. The number of non-ortho nitro benzene ring substituents is 1. The van der Waals surface area contributed by atoms with Crippen molar-refractivity contribution in [3.63, 3.8) is 0 Å². The average Bonchev–Trinajstić information content (AvgIpc) is 2.89. The Hall–Kier alpha value is -3.20. The van der Waals surface area contributed by atoms with Gasteiger partial charge in [0.1, 0.15) is 0 Å². The molecule has 0 unspecified atom stereocenters. The van der Waals surface area contributed by atoms with Gasteiger partial charge in [-0.15, -0.1) is 11.8 Å². The number of anilines is 1. The lowest BCUT2D eigenvalue weighted by atomic mass is 10.2. The molecule has 1 fully saturated rings. The lowest BCUT2D eigenvalue weighted by molar-refractivity contribution is -0.384. The van der Waals surface area contributed by atoms with E-state index in [0.29, 0.717) is 4.90 Å². The summed E-state index contributed by atoms with van der Waals surface area (Å²) in [6, 6.07) is 11.3. The van der Waals surface area contributed by atoms with Crippen molar-refractivity contribution in [3.8, 4) is 0 Å². The second-order valence-electron chi connectivity index (χ2n) is 5.44. The first kappa shape index (κ1) is 17.6. The largest absolute Gasteiger partial charge is 0.545 e. The van der Waals surface area contributed by atoms with E-state index in [2.05, 4.69) is 0 Å². The Morgan fingerprint density at radius 1 is 1.15 bits per heavy atom. The number of carboxylic acid groups (broad SMARTS) is 1. The number of carbonyl (C=O) groups is 3. The van der Waals surface area contributed by atoms with Crippen molar-refractivity contribution in [2.45, 2.75) is 16.6 Å². The molecule has 9 heteroatoms. The quantitative estimate of drug-likeness (QED) is 0.442. The molecule has 0 aromatic heterocycles. The highest BCUT2D eigenvalue weighted by molar-refractivity contribution is 8.00. The van der Waals surface area contributed by atoms with Crippen LogP contribution in [-0.4, -0.2) is 28.0 Å². The minimum absolute atomic E-state index is 0.0634. The van der Waals surface area contributed by atoms with Crippen molar-refractivity contribution in [1.82, 2.24) is 0 Å². The van der Waals surface area contributed by atoms with Crippen molar-refractivity contribution < 1.29 is 24.4 Å². The fourth-order valence-electron chi connectivity index (χ4n) is 2.60. The number of nitro groups is 1. The molecule has 1 aliphatic heterocycles. The van der Waals surface area contributed by atoms with Crippen LogP contribution in [0.15, 0.2) is 53.4 Å². The second kappa shape index (κ2) is 6.96. The van der Waals surface area contributed by atoms with E-state index >= 15 is 0 Å². The van der Waals surface area contributed by atoms with Gasteiger partial charge in [0.05, 0.1) is 21.8 Å². The van der Waals surface area contributed by atoms with Crippen LogP contribution in [0.2, 0.25) is 0 Å². The van der Waals surface area contributed by atoms with Gasteiger partial charge >= 0.3 is 0 Å². The number of amides is 2. The number of carboxylic acids is 1. The number of hydrogen-bond donors (Lipinski definition) is 0. The van der Waals surface area contributed by atoms with Crippen molar-refractivity contribution in [2.75, 3.05) is 4.90 Å². The van der Waals surface area contributed by atoms with E-state index in [4.69, 9.17) is 0 Å². The van der Waals surface area contributed by atoms with Gasteiger partial charge in [0.2, 0.25) is 11.8 Å². The number of nitro benzene ring substituents is 1. The molecule has 1 atom stereocenters. The van der Waals surface area contributed by atoms with E-state index < -0.39 is 28.0 Å². The van der Waals surface area contributed by atoms with Gasteiger partial charge < -0.3 is 9.90 Å². The smallest absolute Gasteiger partial charge is 0.271 e. The monoisotopic (exact) mass is 371 g/mol. The van der Waals surface area contributed by atoms with Crippen LogP contribution in [0.1, 0.15) is 16.8 Å². The van der Waals surface area contributed by atoms with E-state index in [1.807, 2.05) is 0 Å². The zero-order valence-corrected chi connectivity index (χ0v) is 14.0. The number of hydrogen-bond acceptors (Lipinski definition) is 7. The first-order valence-electron chi connectivity index (χ1n) is 7.47. The van der Waals surface area contributed by atoms with E-state index in [1.54, 1.807) is 6.07 Å². The summed E-state index contributed by atoms with van der Waals surface area (Å²) in [4.78, 5) is 47.6. The Balaban J connectivity index is 1.87. The number of carbonyl (C=O) groups excluding carboxylic acids is 3. The lowest BCUT2D eigenvalue weighted by Crippen LogP contribution is -2.31. The number of nitrogens with zero attached hydrogens (tertiary/aromatic N) is 2. The molecule has 0 aliphatic carbocycles. The molecular formula is C17H11N2O6S-. The molecule has 0 bridgehead atoms. The molecule has 0 radical (unpaired) electrons. The fourth-order valence-corrected chi connectivity index (χ4v) is 3.78. The zero-order valence-electron chi connectivity index (χ0n) is 13.2. The summed E-state index contributed by atoms with van der Waals surface area (Å²) < 4.78 is 0. The molecule has 8 nitrogen and oxygen atoms in total. The fraction of sp³-hybridized carbons (Fsp3) is 0.118. The molecule has 1 saturated heterocycles. The minimum atomic E-state index is -1.37. The Morgan fingerprint density at radius 3 is 2.58 bits per heavy atom. The molecule has 0 saturated carbocycles. The molecule has 2 aromatic rings. The number of imide groups is 1. The normalized spacial score (nSPS) is 16.8. The molecule has 1 heterocycles. The van der Waals surface area contributed by atoms with Gasteiger partial charge in [0.25, 0.3) is 5.69 Å². The van der Waals surface area contributed by atoms with Crippen LogP contribution < -0.4 is 10.0 Å². The maximum atomic E-state index is 12.6. The average molecular weight is 371 g/mol. The summed E-state index contributed by atoms with van der Waals surface area (Å²) in [6.45, 7) is 0. The predicted molar refractivity (Wildman–Crippen MR) is 90.6 cm³/mol. The maximum Gasteiger partial charge on any atom is 0.271 e. The van der Waals surface area contributed by atoms with Gasteiger partial charge in [-0.1, -0.05) is 24.3 Å². The number of rotatable bonds is 5. The molecule has 0 spiro atoms. The van der Waals surface area contributed by atoms with Gasteiger partial charge in [-0.05, 0) is 12.1 Å². The van der Waals surface area contributed by atoms with E-state index in [-0.39, 0.29) is 23.4 Å². The topological polar surface area (TPSA) is 121 Å². The minimum Gasteiger partial charge on any atom is -0.545 e. The van der Waals surface area contributed by atoms with Gasteiger partial charge in [0, 0.05) is 29.0 Å². The Morgan fingerprint density at radius 2 is 1.88 bits per heavy atom. The van der Waals surface area contributed by atoms with E-state index in [9.17, 15) is 29.6 Å². The van der Waals surface area contributed by atoms with Crippen molar-refractivity contribution in [3.05, 3.63) is 64.2 Å². The van der Waals surface area contributed by atoms with Crippen LogP contribution >= 0.6 is 11.8 Å². The first-order chi connectivity index (χ1) is 12.4. The van der Waals surface area contributed by atoms with Crippen LogP contribution in [0.3, 0.4) is 0 Å². The van der Waals surface area contributed by atoms with Gasteiger partial charge in [0.15, 0.2) is 0 Å². The third-order valence-electron chi connectivity index (χ3n) is 3.78. The highest BCUT2D eigenvalue weighted by atomic mass is 32.2. The van der Waals surface area contributed by atoms with Crippen LogP contribution in [0.4, 0.5) is 11.4 Å². The van der Waals surface area contributed by atoms with Crippen LogP contribution in [-0.2, 0) is 9.59 Å². The Labute approximate surface area is 151 Å². The van der Waals surface area contributed by atoms with Gasteiger partial charge in [-0.3, -0.25) is 19.7 Å². The molecule has 0 N–H and O–H groups in total. The van der Waals surface area contributed by atoms with Crippen molar-refractivity contribution in [1.29, 1.82) is 0 Å². The molecule has 1 aliphatic rings. The first-order valence-corrected chi connectivity index (χ1v) is 8.34. The summed E-state index contributed by atoms with van der Waals surface area (Å²) in [7, 11) is 0. The summed E-state index contributed by atoms with van der Waals surface area (Å²) >= 11 is 0.960. The zero-order chi connectivity index (χ0) is 18.8. The van der Waals surface area contributed by atoms with Crippen LogP contribution in [0, 0.1) is 10.1 Å². The maximum absolute atomic E-state index is 12.6. The molecule has 2 amide bonds. The highest BCUT2D eigenvalue weighted by Gasteiger charge is 2.40. The lowest BCUT2D eigenvalue weighted by Gasteiger charge is -2.15. The number of thioether (sulfide) groups is 1. The standard InChI is InChI=1S/C17H12N2O6S/c20-15-9-14(26-13-7-2-1-6-12(13)17(22)23)16(21)18(15)10-4-3-5-11(8-10)19(24)25/h1-8,14H,9H2,(H,22,23)/p-1/t14-/m0/s1. The van der Waals surface area contributed by atoms with Crippen molar-refractivity contribution in [2.24, 2.45) is 0 Å². The Bertz CT molecular complexity index is 929. The summed E-state index contributed by atoms with van der Waals surface area (Å²) in [6.07, 6.45) is -0.131. The van der Waals surface area contributed by atoms with E-state index in [1.165, 1.54) is 36.4 Å². The van der Waals surface area contributed by atoms with Gasteiger partial charge in [-0.25, -0.2) is 4.90 Å². The molecule has 2 aromatic carbocycles. The van der Waals surface area contributed by atoms with E-state index in [0.717, 1.165) is 22.7 Å². The van der Waals surface area contributed by atoms with Crippen molar-refractivity contribution >= 4 is 40.9 Å². The molecule has 3 rings (SSSR count). The SMILES string of the molecule is O=C([O-])c1ccccc1S[C@H]1CC(=O)N(c2cccc([N+](=O)[O-])c2)C1=O. The number of benzene rings is 2. The highest BCUT2D eigenvalue weighted by Crippen LogP contribution is 2.36. The van der Waals surface area contributed by atoms with Crippen LogP contribution in [0.5, 0.6) is 0 Å². The number of aromatic carboxylic acids is 1. The van der Waals surface area contributed by atoms with Gasteiger partial charge in [-0.2, -0.15) is 0 Å². The molecule has 132 valence electrons.